The van der Waals surface area contributed by atoms with Crippen molar-refractivity contribution in [2.45, 2.75) is 16.7 Å². The molecule has 2 aromatic rings. The Kier molecular flexibility index (Phi) is 4.18. The summed E-state index contributed by atoms with van der Waals surface area (Å²) in [6.45, 7) is 1.87. The lowest BCUT2D eigenvalue weighted by Crippen LogP contribution is -2.01. The summed E-state index contributed by atoms with van der Waals surface area (Å²) in [5.74, 6) is -2.07. The molecule has 6 heteroatoms. The van der Waals surface area contributed by atoms with E-state index in [-0.39, 0.29) is 11.1 Å². The summed E-state index contributed by atoms with van der Waals surface area (Å²) in [5.41, 5.74) is 7.36. The predicted octanol–water partition coefficient (Wildman–Crippen LogP) is 3.12. The summed E-state index contributed by atoms with van der Waals surface area (Å²) in [7, 11) is 0. The maximum absolute atomic E-state index is 11.2. The molecule has 0 aromatic heterocycles. The van der Waals surface area contributed by atoms with Crippen molar-refractivity contribution >= 4 is 29.4 Å². The molecule has 0 heterocycles. The Morgan fingerprint density at radius 2 is 1.71 bits per heavy atom. The predicted molar refractivity (Wildman–Crippen MR) is 80.1 cm³/mol. The molecule has 0 radical (unpaired) electrons. The maximum Gasteiger partial charge on any atom is 0.336 e. The SMILES string of the molecule is Cc1ccc(C(=O)O)c(Sc2ccc(C(=O)O)cc2N)c1. The van der Waals surface area contributed by atoms with Crippen LogP contribution in [0, 0.1) is 6.92 Å². The van der Waals surface area contributed by atoms with Crippen LogP contribution in [0.15, 0.2) is 46.2 Å². The highest BCUT2D eigenvalue weighted by Gasteiger charge is 2.13. The van der Waals surface area contributed by atoms with Gasteiger partial charge in [0.2, 0.25) is 0 Å². The number of aromatic carboxylic acids is 2. The molecule has 2 rings (SSSR count). The molecule has 0 aliphatic rings. The number of carboxylic acids is 2. The first-order chi connectivity index (χ1) is 9.88. The number of nitrogen functional groups attached to an aromatic ring is 1. The molecule has 0 saturated heterocycles. The van der Waals surface area contributed by atoms with Gasteiger partial charge in [0.15, 0.2) is 0 Å². The van der Waals surface area contributed by atoms with Crippen molar-refractivity contribution in [2.24, 2.45) is 0 Å². The van der Waals surface area contributed by atoms with E-state index in [0.29, 0.717) is 15.5 Å². The van der Waals surface area contributed by atoms with Gasteiger partial charge in [0.25, 0.3) is 0 Å². The number of benzene rings is 2. The van der Waals surface area contributed by atoms with E-state index in [9.17, 15) is 14.7 Å². The topological polar surface area (TPSA) is 101 Å². The Balaban J connectivity index is 2.40. The summed E-state index contributed by atoms with van der Waals surface area (Å²) < 4.78 is 0. The molecule has 0 saturated carbocycles. The fourth-order valence-electron chi connectivity index (χ4n) is 1.78. The summed E-state index contributed by atoms with van der Waals surface area (Å²) in [6.07, 6.45) is 0. The van der Waals surface area contributed by atoms with E-state index in [2.05, 4.69) is 0 Å². The lowest BCUT2D eigenvalue weighted by atomic mass is 10.1. The Morgan fingerprint density at radius 1 is 1.00 bits per heavy atom. The van der Waals surface area contributed by atoms with Crippen LogP contribution in [0.1, 0.15) is 26.3 Å². The fourth-order valence-corrected chi connectivity index (χ4v) is 2.84. The van der Waals surface area contributed by atoms with Gasteiger partial charge in [-0.1, -0.05) is 17.8 Å². The van der Waals surface area contributed by atoms with Crippen molar-refractivity contribution in [1.29, 1.82) is 0 Å². The zero-order valence-electron chi connectivity index (χ0n) is 11.2. The number of carboxylic acid groups (broad SMARTS) is 2. The number of carbonyl (C=O) groups is 2. The number of hydrogen-bond donors (Lipinski definition) is 3. The Morgan fingerprint density at radius 3 is 2.29 bits per heavy atom. The molecule has 0 atom stereocenters. The van der Waals surface area contributed by atoms with Gasteiger partial charge in [0.1, 0.15) is 0 Å². The first-order valence-electron chi connectivity index (χ1n) is 6.03. The van der Waals surface area contributed by atoms with E-state index < -0.39 is 11.9 Å². The Hall–Kier alpha value is -2.47. The summed E-state index contributed by atoms with van der Waals surface area (Å²) in [4.78, 5) is 23.3. The molecule has 0 aliphatic heterocycles. The number of nitrogens with two attached hydrogens (primary N) is 1. The van der Waals surface area contributed by atoms with Gasteiger partial charge in [-0.15, -0.1) is 0 Å². The Bertz CT molecular complexity index is 728. The highest BCUT2D eigenvalue weighted by molar-refractivity contribution is 7.99. The van der Waals surface area contributed by atoms with Gasteiger partial charge in [-0.2, -0.15) is 0 Å². The third-order valence-electron chi connectivity index (χ3n) is 2.84. The average molecular weight is 303 g/mol. The quantitative estimate of drug-likeness (QED) is 0.750. The molecule has 21 heavy (non-hydrogen) atoms. The minimum atomic E-state index is -1.06. The number of rotatable bonds is 4. The first-order valence-corrected chi connectivity index (χ1v) is 6.84. The van der Waals surface area contributed by atoms with Crippen LogP contribution in [0.3, 0.4) is 0 Å². The Labute approximate surface area is 125 Å². The fraction of sp³-hybridized carbons (Fsp3) is 0.0667. The maximum atomic E-state index is 11.2. The summed E-state index contributed by atoms with van der Waals surface area (Å²) >= 11 is 1.20. The van der Waals surface area contributed by atoms with Gasteiger partial charge < -0.3 is 15.9 Å². The summed E-state index contributed by atoms with van der Waals surface area (Å²) in [5, 5.41) is 18.1. The normalized spacial score (nSPS) is 10.3. The number of hydrogen-bond acceptors (Lipinski definition) is 4. The van der Waals surface area contributed by atoms with E-state index in [1.807, 2.05) is 6.92 Å². The van der Waals surface area contributed by atoms with E-state index >= 15 is 0 Å². The zero-order chi connectivity index (χ0) is 15.6. The van der Waals surface area contributed by atoms with E-state index in [1.54, 1.807) is 24.3 Å². The smallest absolute Gasteiger partial charge is 0.336 e. The minimum absolute atomic E-state index is 0.0968. The highest BCUT2D eigenvalue weighted by atomic mass is 32.2. The third kappa shape index (κ3) is 3.35. The first kappa shape index (κ1) is 14.9. The molecule has 4 N–H and O–H groups in total. The molecule has 5 nitrogen and oxygen atoms in total. The van der Waals surface area contributed by atoms with Crippen molar-refractivity contribution in [3.05, 3.63) is 53.1 Å². The van der Waals surface area contributed by atoms with E-state index in [4.69, 9.17) is 10.8 Å². The minimum Gasteiger partial charge on any atom is -0.478 e. The van der Waals surface area contributed by atoms with Crippen LogP contribution in [0.2, 0.25) is 0 Å². The molecule has 0 unspecified atom stereocenters. The zero-order valence-corrected chi connectivity index (χ0v) is 12.0. The lowest BCUT2D eigenvalue weighted by Gasteiger charge is -2.09. The van der Waals surface area contributed by atoms with Crippen LogP contribution in [0.25, 0.3) is 0 Å². The van der Waals surface area contributed by atoms with Gasteiger partial charge >= 0.3 is 11.9 Å². The van der Waals surface area contributed by atoms with Crippen molar-refractivity contribution < 1.29 is 19.8 Å². The van der Waals surface area contributed by atoms with Crippen LogP contribution in [-0.4, -0.2) is 22.2 Å². The average Bonchev–Trinajstić information content (AvgIpc) is 2.40. The van der Waals surface area contributed by atoms with Crippen LogP contribution in [0.5, 0.6) is 0 Å². The van der Waals surface area contributed by atoms with Gasteiger partial charge in [-0.05, 0) is 42.8 Å². The molecular formula is C15H13NO4S. The second-order valence-corrected chi connectivity index (χ2v) is 5.55. The second-order valence-electron chi connectivity index (χ2n) is 4.46. The molecule has 0 aliphatic carbocycles. The van der Waals surface area contributed by atoms with Gasteiger partial charge in [0, 0.05) is 15.5 Å². The molecule has 2 aromatic carbocycles. The molecule has 0 spiro atoms. The molecule has 0 amide bonds. The molecule has 0 fully saturated rings. The van der Waals surface area contributed by atoms with Crippen LogP contribution >= 0.6 is 11.8 Å². The third-order valence-corrected chi connectivity index (χ3v) is 3.99. The standard InChI is InChI=1S/C15H13NO4S/c1-8-2-4-10(15(19)20)13(6-8)21-12-5-3-9(14(17)18)7-11(12)16/h2-7H,16H2,1H3,(H,17,18)(H,19,20). The summed E-state index contributed by atoms with van der Waals surface area (Å²) in [6, 6.07) is 9.42. The van der Waals surface area contributed by atoms with Gasteiger partial charge in [-0.3, -0.25) is 0 Å². The van der Waals surface area contributed by atoms with Crippen LogP contribution in [-0.2, 0) is 0 Å². The monoisotopic (exact) mass is 303 g/mol. The van der Waals surface area contributed by atoms with Crippen molar-refractivity contribution in [1.82, 2.24) is 0 Å². The highest BCUT2D eigenvalue weighted by Crippen LogP contribution is 2.35. The number of aryl methyl sites for hydroxylation is 1. The van der Waals surface area contributed by atoms with E-state index in [0.717, 1.165) is 5.56 Å². The molecule has 108 valence electrons. The van der Waals surface area contributed by atoms with Gasteiger partial charge in [-0.25, -0.2) is 9.59 Å². The largest absolute Gasteiger partial charge is 0.478 e. The lowest BCUT2D eigenvalue weighted by molar-refractivity contribution is 0.0684. The van der Waals surface area contributed by atoms with Crippen LogP contribution in [0.4, 0.5) is 5.69 Å². The second kappa shape index (κ2) is 5.88. The van der Waals surface area contributed by atoms with Gasteiger partial charge in [0.05, 0.1) is 11.1 Å². The van der Waals surface area contributed by atoms with Crippen molar-refractivity contribution in [3.8, 4) is 0 Å². The van der Waals surface area contributed by atoms with Crippen molar-refractivity contribution in [3.63, 3.8) is 0 Å². The van der Waals surface area contributed by atoms with Crippen molar-refractivity contribution in [2.75, 3.05) is 5.73 Å². The van der Waals surface area contributed by atoms with E-state index in [1.165, 1.54) is 23.9 Å². The molecular weight excluding hydrogens is 290 g/mol. The number of anilines is 1. The molecule has 0 bridgehead atoms. The van der Waals surface area contributed by atoms with Crippen LogP contribution < -0.4 is 5.73 Å².